The Morgan fingerprint density at radius 2 is 2.33 bits per heavy atom. The molecule has 0 aliphatic carbocycles. The highest BCUT2D eigenvalue weighted by Crippen LogP contribution is 2.23. The van der Waals surface area contributed by atoms with E-state index in [0.717, 1.165) is 40.5 Å². The number of aromatic amines is 1. The Bertz CT molecular complexity index is 510. The zero-order chi connectivity index (χ0) is 13.0. The van der Waals surface area contributed by atoms with Gasteiger partial charge in [-0.15, -0.1) is 0 Å². The molecule has 1 aromatic heterocycles. The molecule has 0 radical (unpaired) electrons. The van der Waals surface area contributed by atoms with Gasteiger partial charge >= 0.3 is 0 Å². The van der Waals surface area contributed by atoms with Crippen molar-refractivity contribution in [3.63, 3.8) is 0 Å². The standard InChI is InChI=1S/C13H19N3OS/c1-9(14)4-3-7-18-13-15-11-6-5-10(17-2)8-12(11)16-13/h5-6,8-9H,3-4,7,14H2,1-2H3,(H,15,16). The third kappa shape index (κ3) is 3.40. The number of aromatic nitrogens is 2. The van der Waals surface area contributed by atoms with Gasteiger partial charge in [0.2, 0.25) is 0 Å². The van der Waals surface area contributed by atoms with E-state index in [0.29, 0.717) is 0 Å². The Morgan fingerprint density at radius 1 is 1.50 bits per heavy atom. The van der Waals surface area contributed by atoms with Crippen molar-refractivity contribution in [3.8, 4) is 5.75 Å². The molecule has 18 heavy (non-hydrogen) atoms. The first kappa shape index (κ1) is 13.2. The van der Waals surface area contributed by atoms with Crippen LogP contribution in [0.4, 0.5) is 0 Å². The lowest BCUT2D eigenvalue weighted by Gasteiger charge is -2.02. The SMILES string of the molecule is COc1ccc2nc(SCCCC(C)N)[nH]c2c1. The average Bonchev–Trinajstić information content (AvgIpc) is 2.75. The molecule has 0 fully saturated rings. The van der Waals surface area contributed by atoms with Gasteiger partial charge in [0.25, 0.3) is 0 Å². The van der Waals surface area contributed by atoms with Gasteiger partial charge in [-0.3, -0.25) is 0 Å². The number of nitrogens with zero attached hydrogens (tertiary/aromatic N) is 1. The van der Waals surface area contributed by atoms with E-state index in [1.807, 2.05) is 25.1 Å². The normalized spacial score (nSPS) is 12.8. The maximum atomic E-state index is 5.72. The number of hydrogen-bond acceptors (Lipinski definition) is 4. The first-order valence-corrected chi connectivity index (χ1v) is 7.09. The lowest BCUT2D eigenvalue weighted by Crippen LogP contribution is -2.14. The topological polar surface area (TPSA) is 63.9 Å². The molecule has 0 saturated heterocycles. The number of benzene rings is 1. The van der Waals surface area contributed by atoms with Gasteiger partial charge in [-0.25, -0.2) is 4.98 Å². The Morgan fingerprint density at radius 3 is 3.06 bits per heavy atom. The van der Waals surface area contributed by atoms with E-state index in [1.54, 1.807) is 18.9 Å². The fourth-order valence-electron chi connectivity index (χ4n) is 1.73. The molecule has 1 aromatic carbocycles. The van der Waals surface area contributed by atoms with Gasteiger partial charge in [0.1, 0.15) is 5.75 Å². The second-order valence-corrected chi connectivity index (χ2v) is 5.48. The van der Waals surface area contributed by atoms with Crippen molar-refractivity contribution < 1.29 is 4.74 Å². The van der Waals surface area contributed by atoms with Crippen LogP contribution in [0.25, 0.3) is 11.0 Å². The first-order chi connectivity index (χ1) is 8.69. The van der Waals surface area contributed by atoms with Crippen LogP contribution in [0.15, 0.2) is 23.4 Å². The Kier molecular flexibility index (Phi) is 4.49. The van der Waals surface area contributed by atoms with Crippen molar-refractivity contribution in [2.75, 3.05) is 12.9 Å². The van der Waals surface area contributed by atoms with Crippen molar-refractivity contribution in [1.82, 2.24) is 9.97 Å². The zero-order valence-corrected chi connectivity index (χ0v) is 11.6. The summed E-state index contributed by atoms with van der Waals surface area (Å²) in [6.07, 6.45) is 2.17. The molecule has 2 aromatic rings. The molecule has 5 heteroatoms. The summed E-state index contributed by atoms with van der Waals surface area (Å²) < 4.78 is 5.19. The lowest BCUT2D eigenvalue weighted by atomic mass is 10.2. The summed E-state index contributed by atoms with van der Waals surface area (Å²) in [4.78, 5) is 7.82. The van der Waals surface area contributed by atoms with Gasteiger partial charge in [0, 0.05) is 17.9 Å². The molecule has 0 aliphatic rings. The summed E-state index contributed by atoms with van der Waals surface area (Å²) in [7, 11) is 1.67. The van der Waals surface area contributed by atoms with Crippen molar-refractivity contribution >= 4 is 22.8 Å². The van der Waals surface area contributed by atoms with E-state index in [2.05, 4.69) is 9.97 Å². The fourth-order valence-corrected chi connectivity index (χ4v) is 2.58. The summed E-state index contributed by atoms with van der Waals surface area (Å²) in [5.74, 6) is 1.89. The molecule has 1 unspecified atom stereocenters. The largest absolute Gasteiger partial charge is 0.497 e. The Balaban J connectivity index is 1.97. The maximum Gasteiger partial charge on any atom is 0.166 e. The quantitative estimate of drug-likeness (QED) is 0.622. The van der Waals surface area contributed by atoms with Crippen LogP contribution in [0, 0.1) is 0 Å². The number of fused-ring (bicyclic) bond motifs is 1. The second kappa shape index (κ2) is 6.11. The predicted molar refractivity (Wildman–Crippen MR) is 76.3 cm³/mol. The highest BCUT2D eigenvalue weighted by Gasteiger charge is 2.04. The Hall–Kier alpha value is -1.20. The van der Waals surface area contributed by atoms with Crippen LogP contribution in [-0.4, -0.2) is 28.9 Å². The van der Waals surface area contributed by atoms with Crippen molar-refractivity contribution in [3.05, 3.63) is 18.2 Å². The van der Waals surface area contributed by atoms with Gasteiger partial charge in [0.05, 0.1) is 18.1 Å². The summed E-state index contributed by atoms with van der Waals surface area (Å²) in [5.41, 5.74) is 7.71. The van der Waals surface area contributed by atoms with Gasteiger partial charge in [-0.05, 0) is 31.9 Å². The number of nitrogens with one attached hydrogen (secondary N) is 1. The first-order valence-electron chi connectivity index (χ1n) is 6.11. The summed E-state index contributed by atoms with van der Waals surface area (Å²) in [6.45, 7) is 2.04. The summed E-state index contributed by atoms with van der Waals surface area (Å²) in [6, 6.07) is 6.14. The molecule has 1 heterocycles. The molecule has 0 aliphatic heterocycles. The van der Waals surface area contributed by atoms with Crippen LogP contribution in [-0.2, 0) is 0 Å². The molecular formula is C13H19N3OS. The highest BCUT2D eigenvalue weighted by atomic mass is 32.2. The van der Waals surface area contributed by atoms with E-state index in [-0.39, 0.29) is 6.04 Å². The minimum atomic E-state index is 0.283. The van der Waals surface area contributed by atoms with Crippen LogP contribution >= 0.6 is 11.8 Å². The molecule has 1 atom stereocenters. The minimum Gasteiger partial charge on any atom is -0.497 e. The summed E-state index contributed by atoms with van der Waals surface area (Å²) >= 11 is 1.74. The highest BCUT2D eigenvalue weighted by molar-refractivity contribution is 7.99. The molecule has 3 N–H and O–H groups in total. The molecular weight excluding hydrogens is 246 g/mol. The number of ether oxygens (including phenoxy) is 1. The van der Waals surface area contributed by atoms with E-state index < -0.39 is 0 Å². The third-order valence-electron chi connectivity index (χ3n) is 2.71. The number of methoxy groups -OCH3 is 1. The number of imidazole rings is 1. The lowest BCUT2D eigenvalue weighted by molar-refractivity contribution is 0.415. The minimum absolute atomic E-state index is 0.283. The van der Waals surface area contributed by atoms with E-state index in [1.165, 1.54) is 0 Å². The smallest absolute Gasteiger partial charge is 0.166 e. The van der Waals surface area contributed by atoms with Crippen molar-refractivity contribution in [2.24, 2.45) is 5.73 Å². The average molecular weight is 265 g/mol. The fraction of sp³-hybridized carbons (Fsp3) is 0.462. The third-order valence-corrected chi connectivity index (χ3v) is 3.67. The van der Waals surface area contributed by atoms with Gasteiger partial charge in [-0.1, -0.05) is 11.8 Å². The molecule has 2 rings (SSSR count). The van der Waals surface area contributed by atoms with Crippen molar-refractivity contribution in [1.29, 1.82) is 0 Å². The maximum absolute atomic E-state index is 5.72. The van der Waals surface area contributed by atoms with Crippen LogP contribution < -0.4 is 10.5 Å². The molecule has 0 saturated carbocycles. The summed E-state index contributed by atoms with van der Waals surface area (Å²) in [5, 5.41) is 0.961. The van der Waals surface area contributed by atoms with Crippen LogP contribution in [0.2, 0.25) is 0 Å². The number of thioether (sulfide) groups is 1. The van der Waals surface area contributed by atoms with E-state index >= 15 is 0 Å². The molecule has 0 spiro atoms. The van der Waals surface area contributed by atoms with Crippen LogP contribution in [0.1, 0.15) is 19.8 Å². The molecule has 0 bridgehead atoms. The monoisotopic (exact) mass is 265 g/mol. The van der Waals surface area contributed by atoms with Crippen molar-refractivity contribution in [2.45, 2.75) is 31.0 Å². The van der Waals surface area contributed by atoms with E-state index in [9.17, 15) is 0 Å². The van der Waals surface area contributed by atoms with Gasteiger partial charge in [-0.2, -0.15) is 0 Å². The zero-order valence-electron chi connectivity index (χ0n) is 10.8. The number of nitrogens with two attached hydrogens (primary N) is 1. The second-order valence-electron chi connectivity index (χ2n) is 4.39. The number of hydrogen-bond donors (Lipinski definition) is 2. The number of H-pyrrole nitrogens is 1. The van der Waals surface area contributed by atoms with Crippen LogP contribution in [0.3, 0.4) is 0 Å². The van der Waals surface area contributed by atoms with Gasteiger partial charge < -0.3 is 15.5 Å². The predicted octanol–water partition coefficient (Wildman–Crippen LogP) is 2.79. The number of rotatable bonds is 6. The molecule has 0 amide bonds. The van der Waals surface area contributed by atoms with Crippen LogP contribution in [0.5, 0.6) is 5.75 Å². The van der Waals surface area contributed by atoms with Gasteiger partial charge in [0.15, 0.2) is 5.16 Å². The molecule has 98 valence electrons. The molecule has 4 nitrogen and oxygen atoms in total. The van der Waals surface area contributed by atoms with E-state index in [4.69, 9.17) is 10.5 Å². The Labute approximate surface area is 111 Å².